The van der Waals surface area contributed by atoms with Crippen LogP contribution in [0.5, 0.6) is 5.75 Å². The van der Waals surface area contributed by atoms with E-state index >= 15 is 0 Å². The highest BCUT2D eigenvalue weighted by Gasteiger charge is 2.11. The van der Waals surface area contributed by atoms with Crippen LogP contribution in [0.15, 0.2) is 12.1 Å². The third-order valence-electron chi connectivity index (χ3n) is 2.42. The van der Waals surface area contributed by atoms with Gasteiger partial charge in [0, 0.05) is 6.04 Å². The van der Waals surface area contributed by atoms with E-state index < -0.39 is 0 Å². The van der Waals surface area contributed by atoms with Crippen molar-refractivity contribution in [2.24, 2.45) is 11.5 Å². The number of aryl methyl sites for hydroxylation is 1. The molecule has 0 bridgehead atoms. The van der Waals surface area contributed by atoms with Gasteiger partial charge in [0.25, 0.3) is 0 Å². The highest BCUT2D eigenvalue weighted by Crippen LogP contribution is 2.30. The lowest BCUT2D eigenvalue weighted by Crippen LogP contribution is -2.16. The van der Waals surface area contributed by atoms with Crippen molar-refractivity contribution in [3.05, 3.63) is 28.3 Å². The summed E-state index contributed by atoms with van der Waals surface area (Å²) >= 11 is 6.03. The van der Waals surface area contributed by atoms with E-state index in [1.165, 1.54) is 0 Å². The molecule has 15 heavy (non-hydrogen) atoms. The molecule has 0 radical (unpaired) electrons. The van der Waals surface area contributed by atoms with Crippen molar-refractivity contribution in [2.45, 2.75) is 19.4 Å². The largest absolute Gasteiger partial charge is 0.495 e. The second kappa shape index (κ2) is 5.35. The van der Waals surface area contributed by atoms with Crippen molar-refractivity contribution in [2.75, 3.05) is 13.7 Å². The van der Waals surface area contributed by atoms with Crippen LogP contribution in [-0.4, -0.2) is 13.7 Å². The molecule has 0 aliphatic heterocycles. The summed E-state index contributed by atoms with van der Waals surface area (Å²) in [7, 11) is 1.60. The van der Waals surface area contributed by atoms with Gasteiger partial charge in [-0.3, -0.25) is 0 Å². The predicted octanol–water partition coefficient (Wildman–Crippen LogP) is 2.01. The van der Waals surface area contributed by atoms with Gasteiger partial charge in [0.05, 0.1) is 12.1 Å². The zero-order chi connectivity index (χ0) is 11.4. The van der Waals surface area contributed by atoms with Gasteiger partial charge in [0.15, 0.2) is 0 Å². The molecule has 84 valence electrons. The highest BCUT2D eigenvalue weighted by atomic mass is 35.5. The van der Waals surface area contributed by atoms with Crippen LogP contribution in [0.1, 0.15) is 23.6 Å². The highest BCUT2D eigenvalue weighted by molar-refractivity contribution is 6.32. The van der Waals surface area contributed by atoms with E-state index in [2.05, 4.69) is 0 Å². The molecule has 3 nitrogen and oxygen atoms in total. The molecule has 1 aromatic rings. The van der Waals surface area contributed by atoms with Crippen molar-refractivity contribution >= 4 is 11.6 Å². The monoisotopic (exact) mass is 228 g/mol. The number of methoxy groups -OCH3 is 1. The maximum absolute atomic E-state index is 6.03. The van der Waals surface area contributed by atoms with Crippen LogP contribution >= 0.6 is 11.6 Å². The third kappa shape index (κ3) is 2.84. The Bertz CT molecular complexity index is 342. The van der Waals surface area contributed by atoms with Crippen LogP contribution < -0.4 is 16.2 Å². The lowest BCUT2D eigenvalue weighted by atomic mass is 9.99. The van der Waals surface area contributed by atoms with Crippen LogP contribution in [0.2, 0.25) is 5.02 Å². The van der Waals surface area contributed by atoms with Crippen molar-refractivity contribution in [1.29, 1.82) is 0 Å². The topological polar surface area (TPSA) is 61.3 Å². The summed E-state index contributed by atoms with van der Waals surface area (Å²) in [6.07, 6.45) is 0.753. The van der Waals surface area contributed by atoms with Gasteiger partial charge in [-0.15, -0.1) is 0 Å². The number of hydrogen-bond acceptors (Lipinski definition) is 3. The first-order valence-electron chi connectivity index (χ1n) is 4.89. The number of rotatable bonds is 4. The minimum Gasteiger partial charge on any atom is -0.495 e. The van der Waals surface area contributed by atoms with Gasteiger partial charge in [-0.2, -0.15) is 0 Å². The molecular formula is C11H17ClN2O. The smallest absolute Gasteiger partial charge is 0.137 e. The Labute approximate surface area is 95.4 Å². The molecular weight excluding hydrogens is 212 g/mol. The molecule has 0 aliphatic rings. The first-order valence-corrected chi connectivity index (χ1v) is 5.27. The fourth-order valence-corrected chi connectivity index (χ4v) is 1.81. The first kappa shape index (κ1) is 12.3. The van der Waals surface area contributed by atoms with E-state index in [4.69, 9.17) is 27.8 Å². The Morgan fingerprint density at radius 3 is 2.67 bits per heavy atom. The molecule has 0 aromatic heterocycles. The first-order chi connectivity index (χ1) is 7.10. The second-order valence-corrected chi connectivity index (χ2v) is 3.93. The Balaban J connectivity index is 3.04. The number of halogens is 1. The molecule has 1 unspecified atom stereocenters. The molecule has 1 atom stereocenters. The summed E-state index contributed by atoms with van der Waals surface area (Å²) in [6, 6.07) is 3.70. The van der Waals surface area contributed by atoms with Crippen LogP contribution in [0.3, 0.4) is 0 Å². The molecule has 0 saturated heterocycles. The zero-order valence-corrected chi connectivity index (χ0v) is 9.84. The van der Waals surface area contributed by atoms with E-state index in [1.54, 1.807) is 7.11 Å². The van der Waals surface area contributed by atoms with Crippen molar-refractivity contribution < 1.29 is 4.74 Å². The maximum atomic E-state index is 6.03. The SMILES string of the molecule is COc1cc(C)c(C(N)CCN)cc1Cl. The molecule has 4 N–H and O–H groups in total. The van der Waals surface area contributed by atoms with Crippen LogP contribution in [0.25, 0.3) is 0 Å². The summed E-state index contributed by atoms with van der Waals surface area (Å²) in [5, 5.41) is 0.588. The number of hydrogen-bond donors (Lipinski definition) is 2. The Hall–Kier alpha value is -0.770. The standard InChI is InChI=1S/C11H17ClN2O/c1-7-5-11(15-2)9(12)6-8(7)10(14)3-4-13/h5-6,10H,3-4,13-14H2,1-2H3. The Morgan fingerprint density at radius 2 is 2.13 bits per heavy atom. The van der Waals surface area contributed by atoms with Gasteiger partial charge < -0.3 is 16.2 Å². The summed E-state index contributed by atoms with van der Waals surface area (Å²) in [4.78, 5) is 0. The van der Waals surface area contributed by atoms with Gasteiger partial charge in [-0.25, -0.2) is 0 Å². The molecule has 1 aromatic carbocycles. The van der Waals surface area contributed by atoms with Crippen LogP contribution in [0.4, 0.5) is 0 Å². The summed E-state index contributed by atoms with van der Waals surface area (Å²) in [5.74, 6) is 0.679. The normalized spacial score (nSPS) is 12.6. The average molecular weight is 229 g/mol. The lowest BCUT2D eigenvalue weighted by Gasteiger charge is -2.15. The van der Waals surface area contributed by atoms with E-state index in [0.29, 0.717) is 17.3 Å². The molecule has 0 spiro atoms. The second-order valence-electron chi connectivity index (χ2n) is 3.53. The molecule has 0 fully saturated rings. The fraction of sp³-hybridized carbons (Fsp3) is 0.455. The molecule has 4 heteroatoms. The predicted molar refractivity (Wildman–Crippen MR) is 63.3 cm³/mol. The van der Waals surface area contributed by atoms with Gasteiger partial charge in [0.1, 0.15) is 5.75 Å². The van der Waals surface area contributed by atoms with E-state index in [1.807, 2.05) is 19.1 Å². The van der Waals surface area contributed by atoms with E-state index in [0.717, 1.165) is 17.5 Å². The Morgan fingerprint density at radius 1 is 1.47 bits per heavy atom. The van der Waals surface area contributed by atoms with Crippen molar-refractivity contribution in [3.63, 3.8) is 0 Å². The van der Waals surface area contributed by atoms with Crippen molar-refractivity contribution in [1.82, 2.24) is 0 Å². The van der Waals surface area contributed by atoms with Crippen LogP contribution in [-0.2, 0) is 0 Å². The molecule has 1 rings (SSSR count). The quantitative estimate of drug-likeness (QED) is 0.829. The number of ether oxygens (including phenoxy) is 1. The molecule has 0 heterocycles. The van der Waals surface area contributed by atoms with Gasteiger partial charge >= 0.3 is 0 Å². The molecule has 0 saturated carbocycles. The van der Waals surface area contributed by atoms with E-state index in [-0.39, 0.29) is 6.04 Å². The lowest BCUT2D eigenvalue weighted by molar-refractivity contribution is 0.414. The molecule has 0 amide bonds. The number of benzene rings is 1. The fourth-order valence-electron chi connectivity index (χ4n) is 1.56. The van der Waals surface area contributed by atoms with E-state index in [9.17, 15) is 0 Å². The van der Waals surface area contributed by atoms with Crippen molar-refractivity contribution in [3.8, 4) is 5.75 Å². The minimum absolute atomic E-state index is 0.0570. The van der Waals surface area contributed by atoms with Crippen LogP contribution in [0, 0.1) is 6.92 Å². The Kier molecular flexibility index (Phi) is 4.39. The summed E-state index contributed by atoms with van der Waals surface area (Å²) < 4.78 is 5.12. The average Bonchev–Trinajstić information content (AvgIpc) is 2.21. The maximum Gasteiger partial charge on any atom is 0.137 e. The van der Waals surface area contributed by atoms with Gasteiger partial charge in [-0.05, 0) is 43.1 Å². The number of nitrogens with two attached hydrogens (primary N) is 2. The zero-order valence-electron chi connectivity index (χ0n) is 9.09. The minimum atomic E-state index is -0.0570. The third-order valence-corrected chi connectivity index (χ3v) is 2.71. The van der Waals surface area contributed by atoms with Gasteiger partial charge in [0.2, 0.25) is 0 Å². The summed E-state index contributed by atoms with van der Waals surface area (Å²) in [6.45, 7) is 2.56. The summed E-state index contributed by atoms with van der Waals surface area (Å²) in [5.41, 5.74) is 13.6. The molecule has 0 aliphatic carbocycles. The van der Waals surface area contributed by atoms with Gasteiger partial charge in [-0.1, -0.05) is 11.6 Å².